The molecule has 0 heterocycles. The minimum atomic E-state index is -0.0897. The Morgan fingerprint density at radius 2 is 0.685 bits per heavy atom. The van der Waals surface area contributed by atoms with Gasteiger partial charge < -0.3 is 10.2 Å². The fraction of sp³-hybridized carbons (Fsp3) is 0.174. The summed E-state index contributed by atoms with van der Waals surface area (Å²) in [4.78, 5) is 46.0. The predicted molar refractivity (Wildman–Crippen MR) is 207 cm³/mol. The molecule has 0 saturated carbocycles. The number of hydrogen-bond acceptors (Lipinski definition) is 8. The normalized spacial score (nSPS) is 10.7. The number of hydrogen-bond donors (Lipinski definition) is 2. The zero-order valence-electron chi connectivity index (χ0n) is 30.9. The van der Waals surface area contributed by atoms with Crippen molar-refractivity contribution in [3.63, 3.8) is 0 Å². The van der Waals surface area contributed by atoms with Gasteiger partial charge in [0.05, 0.1) is 0 Å². The van der Waals surface area contributed by atoms with E-state index in [1.165, 1.54) is 23.3 Å². The second-order valence-electron chi connectivity index (χ2n) is 13.1. The number of phenolic OH excluding ortho intramolecular Hbond substituents is 2. The smallest absolute Gasteiger partial charge is 0.193 e. The van der Waals surface area contributed by atoms with Gasteiger partial charge in [-0.05, 0) is 97.5 Å². The third-order valence-electron chi connectivity index (χ3n) is 8.63. The minimum Gasteiger partial charge on any atom is -0.508 e. The predicted octanol–water partition coefficient (Wildman–Crippen LogP) is 9.78. The first-order valence-corrected chi connectivity index (χ1v) is 17.5. The van der Waals surface area contributed by atoms with Crippen molar-refractivity contribution in [1.82, 2.24) is 0 Å². The van der Waals surface area contributed by atoms with Gasteiger partial charge in [-0.2, -0.15) is 0 Å². The molecule has 0 aliphatic heterocycles. The van der Waals surface area contributed by atoms with Crippen LogP contribution in [-0.2, 0) is 46.0 Å². The van der Waals surface area contributed by atoms with E-state index in [9.17, 15) is 19.8 Å². The third kappa shape index (κ3) is 11.6. The third-order valence-corrected chi connectivity index (χ3v) is 8.63. The standard InChI is InChI=1S/C24H24O4.C22H20O4/c1-16-4-6-19(7-5-16)14-27-28-15-20-8-10-21(11-9-20)24(26)22-12-17(2)23(25)18(3)13-22;1-16-2-4-17(5-3-16)14-25-26-15-18-6-8-19(9-7-18)22(24)20-10-12-21(23)13-11-20/h4-13,25H,14-15H2,1-3H3;2-13,23H,14-15H2,1H3. The molecule has 6 aromatic carbocycles. The fourth-order valence-electron chi connectivity index (χ4n) is 5.35. The van der Waals surface area contributed by atoms with Crippen LogP contribution in [0, 0.1) is 27.7 Å². The van der Waals surface area contributed by atoms with Crippen molar-refractivity contribution in [1.29, 1.82) is 0 Å². The van der Waals surface area contributed by atoms with Crippen LogP contribution in [0.1, 0.15) is 76.4 Å². The van der Waals surface area contributed by atoms with Crippen molar-refractivity contribution in [3.8, 4) is 11.5 Å². The Balaban J connectivity index is 0.000000208. The van der Waals surface area contributed by atoms with E-state index < -0.39 is 0 Å². The highest BCUT2D eigenvalue weighted by molar-refractivity contribution is 6.09. The lowest BCUT2D eigenvalue weighted by atomic mass is 9.98. The fourth-order valence-corrected chi connectivity index (χ4v) is 5.35. The minimum absolute atomic E-state index is 0.0747. The molecule has 0 saturated heterocycles. The van der Waals surface area contributed by atoms with Crippen molar-refractivity contribution in [2.75, 3.05) is 0 Å². The van der Waals surface area contributed by atoms with Crippen LogP contribution in [0.2, 0.25) is 0 Å². The van der Waals surface area contributed by atoms with E-state index in [-0.39, 0.29) is 23.1 Å². The van der Waals surface area contributed by atoms with Gasteiger partial charge in [-0.25, -0.2) is 19.6 Å². The number of carbonyl (C=O) groups excluding carboxylic acids is 2. The van der Waals surface area contributed by atoms with Crippen molar-refractivity contribution >= 4 is 11.6 Å². The Morgan fingerprint density at radius 1 is 0.407 bits per heavy atom. The molecule has 0 aromatic heterocycles. The Hall–Kier alpha value is -5.90. The average molecular weight is 725 g/mol. The van der Waals surface area contributed by atoms with E-state index in [0.29, 0.717) is 59.8 Å². The number of benzene rings is 6. The summed E-state index contributed by atoms with van der Waals surface area (Å²) in [6, 6.07) is 40.2. The summed E-state index contributed by atoms with van der Waals surface area (Å²) in [5, 5.41) is 19.2. The quantitative estimate of drug-likeness (QED) is 0.0495. The summed E-state index contributed by atoms with van der Waals surface area (Å²) in [6.45, 7) is 9.04. The van der Waals surface area contributed by atoms with Crippen LogP contribution < -0.4 is 0 Å². The molecule has 0 radical (unpaired) electrons. The van der Waals surface area contributed by atoms with Gasteiger partial charge in [-0.3, -0.25) is 9.59 Å². The molecular formula is C46H44O8. The summed E-state index contributed by atoms with van der Waals surface area (Å²) >= 11 is 0. The molecule has 54 heavy (non-hydrogen) atoms. The summed E-state index contributed by atoms with van der Waals surface area (Å²) in [5.41, 5.74) is 10.00. The first-order chi connectivity index (χ1) is 26.0. The zero-order valence-corrected chi connectivity index (χ0v) is 30.9. The number of phenols is 2. The molecule has 276 valence electrons. The highest BCUT2D eigenvalue weighted by Crippen LogP contribution is 2.25. The number of aryl methyl sites for hydroxylation is 4. The van der Waals surface area contributed by atoms with Crippen LogP contribution in [0.15, 0.2) is 133 Å². The van der Waals surface area contributed by atoms with E-state index in [1.54, 1.807) is 62.4 Å². The second kappa shape index (κ2) is 19.3. The molecule has 6 rings (SSSR count). The number of rotatable bonds is 14. The summed E-state index contributed by atoms with van der Waals surface area (Å²) in [6.07, 6.45) is 0. The molecule has 8 heteroatoms. The first-order valence-electron chi connectivity index (χ1n) is 17.5. The van der Waals surface area contributed by atoms with Crippen molar-refractivity contribution < 1.29 is 39.4 Å². The van der Waals surface area contributed by atoms with Crippen LogP contribution in [0.25, 0.3) is 0 Å². The van der Waals surface area contributed by atoms with Crippen molar-refractivity contribution in [3.05, 3.63) is 200 Å². The summed E-state index contributed by atoms with van der Waals surface area (Å²) in [5.74, 6) is 0.205. The van der Waals surface area contributed by atoms with Gasteiger partial charge in [0.15, 0.2) is 11.6 Å². The molecule has 0 bridgehead atoms. The molecule has 6 aromatic rings. The van der Waals surface area contributed by atoms with Crippen LogP contribution in [0.4, 0.5) is 0 Å². The maximum Gasteiger partial charge on any atom is 0.193 e. The molecule has 0 amide bonds. The topological polar surface area (TPSA) is 112 Å². The lowest BCUT2D eigenvalue weighted by molar-refractivity contribution is -0.313. The largest absolute Gasteiger partial charge is 0.508 e. The molecule has 0 atom stereocenters. The second-order valence-corrected chi connectivity index (χ2v) is 13.1. The van der Waals surface area contributed by atoms with E-state index >= 15 is 0 Å². The van der Waals surface area contributed by atoms with Gasteiger partial charge >= 0.3 is 0 Å². The lowest BCUT2D eigenvalue weighted by Gasteiger charge is -2.08. The number of aromatic hydroxyl groups is 2. The van der Waals surface area contributed by atoms with E-state index in [2.05, 4.69) is 0 Å². The monoisotopic (exact) mass is 724 g/mol. The highest BCUT2D eigenvalue weighted by Gasteiger charge is 2.13. The van der Waals surface area contributed by atoms with E-state index in [1.807, 2.05) is 86.6 Å². The van der Waals surface area contributed by atoms with Crippen LogP contribution in [0.5, 0.6) is 11.5 Å². The molecular weight excluding hydrogens is 680 g/mol. The molecule has 0 aliphatic carbocycles. The van der Waals surface area contributed by atoms with Crippen LogP contribution in [0.3, 0.4) is 0 Å². The van der Waals surface area contributed by atoms with Crippen molar-refractivity contribution in [2.24, 2.45) is 0 Å². The lowest BCUT2D eigenvalue weighted by Crippen LogP contribution is -2.03. The average Bonchev–Trinajstić information content (AvgIpc) is 3.19. The van der Waals surface area contributed by atoms with Crippen LogP contribution >= 0.6 is 0 Å². The van der Waals surface area contributed by atoms with E-state index in [0.717, 1.165) is 22.3 Å². The van der Waals surface area contributed by atoms with Gasteiger partial charge in [0.1, 0.15) is 37.9 Å². The first kappa shape index (κ1) is 39.3. The Bertz CT molecular complexity index is 2100. The van der Waals surface area contributed by atoms with Crippen molar-refractivity contribution in [2.45, 2.75) is 54.1 Å². The van der Waals surface area contributed by atoms with Gasteiger partial charge in [0.25, 0.3) is 0 Å². The molecule has 2 N–H and O–H groups in total. The van der Waals surface area contributed by atoms with E-state index in [4.69, 9.17) is 19.6 Å². The maximum absolute atomic E-state index is 12.7. The molecule has 0 spiro atoms. The van der Waals surface area contributed by atoms with Gasteiger partial charge in [0.2, 0.25) is 0 Å². The van der Waals surface area contributed by atoms with Gasteiger partial charge in [-0.1, -0.05) is 108 Å². The van der Waals surface area contributed by atoms with Gasteiger partial charge in [0, 0.05) is 22.3 Å². The Morgan fingerprint density at radius 3 is 1.02 bits per heavy atom. The SMILES string of the molecule is Cc1ccc(COOCc2ccc(C(=O)c3cc(C)c(O)c(C)c3)cc2)cc1.Cc1ccc(COOCc2ccc(C(=O)c3ccc(O)cc3)cc2)cc1. The van der Waals surface area contributed by atoms with Crippen LogP contribution in [-0.4, -0.2) is 21.8 Å². The number of ketones is 2. The molecule has 0 unspecified atom stereocenters. The molecule has 0 fully saturated rings. The Labute approximate surface area is 316 Å². The Kier molecular flexibility index (Phi) is 14.0. The number of carbonyl (C=O) groups is 2. The maximum atomic E-state index is 12.7. The zero-order chi connectivity index (χ0) is 38.5. The summed E-state index contributed by atoms with van der Waals surface area (Å²) < 4.78 is 0. The molecule has 0 aliphatic rings. The van der Waals surface area contributed by atoms with Gasteiger partial charge in [-0.15, -0.1) is 0 Å². The molecule has 8 nitrogen and oxygen atoms in total. The summed E-state index contributed by atoms with van der Waals surface area (Å²) in [7, 11) is 0. The highest BCUT2D eigenvalue weighted by atomic mass is 17.2.